The van der Waals surface area contributed by atoms with Crippen molar-refractivity contribution in [3.8, 4) is 17.2 Å². The zero-order valence-corrected chi connectivity index (χ0v) is 12.6. The number of aromatic hydroxyl groups is 1. The molecular formula is C15H9ClF3N3O2. The van der Waals surface area contributed by atoms with Gasteiger partial charge in [0.2, 0.25) is 5.89 Å². The van der Waals surface area contributed by atoms with E-state index in [2.05, 4.69) is 15.5 Å². The van der Waals surface area contributed by atoms with Crippen LogP contribution in [0.5, 0.6) is 5.75 Å². The lowest BCUT2D eigenvalue weighted by Gasteiger charge is -2.10. The fourth-order valence-corrected chi connectivity index (χ4v) is 2.16. The molecule has 0 amide bonds. The van der Waals surface area contributed by atoms with Crippen molar-refractivity contribution in [1.82, 2.24) is 10.2 Å². The Morgan fingerprint density at radius 2 is 1.75 bits per heavy atom. The summed E-state index contributed by atoms with van der Waals surface area (Å²) in [6.45, 7) is 0. The van der Waals surface area contributed by atoms with E-state index in [1.807, 2.05) is 0 Å². The summed E-state index contributed by atoms with van der Waals surface area (Å²) in [6.07, 6.45) is -4.57. The van der Waals surface area contributed by atoms with Crippen molar-refractivity contribution in [3.05, 3.63) is 53.1 Å². The lowest BCUT2D eigenvalue weighted by Crippen LogP contribution is -2.06. The number of alkyl halides is 3. The first-order valence-electron chi connectivity index (χ1n) is 6.59. The molecular weight excluding hydrogens is 347 g/mol. The molecule has 0 aliphatic carbocycles. The molecule has 0 spiro atoms. The number of benzene rings is 2. The Morgan fingerprint density at radius 1 is 1.04 bits per heavy atom. The molecule has 0 radical (unpaired) electrons. The topological polar surface area (TPSA) is 71.2 Å². The predicted molar refractivity (Wildman–Crippen MR) is 81.1 cm³/mol. The number of rotatable bonds is 3. The van der Waals surface area contributed by atoms with Crippen molar-refractivity contribution >= 4 is 23.3 Å². The Kier molecular flexibility index (Phi) is 4.06. The average molecular weight is 356 g/mol. The third kappa shape index (κ3) is 3.43. The van der Waals surface area contributed by atoms with Crippen LogP contribution in [0.2, 0.25) is 5.02 Å². The van der Waals surface area contributed by atoms with Crippen LogP contribution in [-0.2, 0) is 6.18 Å². The molecule has 3 aromatic rings. The van der Waals surface area contributed by atoms with Crippen molar-refractivity contribution in [2.24, 2.45) is 0 Å². The highest BCUT2D eigenvalue weighted by atomic mass is 35.5. The quantitative estimate of drug-likeness (QED) is 0.702. The number of anilines is 2. The van der Waals surface area contributed by atoms with Gasteiger partial charge in [-0.25, -0.2) is 0 Å². The number of phenols is 1. The molecule has 0 atom stereocenters. The lowest BCUT2D eigenvalue weighted by molar-refractivity contribution is -0.137. The van der Waals surface area contributed by atoms with E-state index in [9.17, 15) is 18.3 Å². The Labute approximate surface area is 138 Å². The van der Waals surface area contributed by atoms with Gasteiger partial charge in [0.15, 0.2) is 0 Å². The van der Waals surface area contributed by atoms with Gasteiger partial charge in [-0.3, -0.25) is 0 Å². The standard InChI is InChI=1S/C15H9ClF3N3O2/c16-12-6-3-9(7-11(12)15(17,18)19)20-14-22-21-13(24-14)8-1-4-10(23)5-2-8/h1-7,23H,(H,20,22). The predicted octanol–water partition coefficient (Wildman–Crippen LogP) is 4.86. The molecule has 0 bridgehead atoms. The minimum Gasteiger partial charge on any atom is -0.508 e. The summed E-state index contributed by atoms with van der Waals surface area (Å²) in [6, 6.07) is 9.29. The molecule has 0 saturated heterocycles. The monoisotopic (exact) mass is 355 g/mol. The van der Waals surface area contributed by atoms with Crippen LogP contribution in [0.1, 0.15) is 5.56 Å². The maximum atomic E-state index is 12.8. The maximum absolute atomic E-state index is 12.8. The molecule has 1 heterocycles. The van der Waals surface area contributed by atoms with E-state index in [1.54, 1.807) is 12.1 Å². The number of aromatic nitrogens is 2. The van der Waals surface area contributed by atoms with Gasteiger partial charge in [0.25, 0.3) is 0 Å². The van der Waals surface area contributed by atoms with E-state index in [0.717, 1.165) is 12.1 Å². The average Bonchev–Trinajstić information content (AvgIpc) is 2.97. The molecule has 3 rings (SSSR count). The first kappa shape index (κ1) is 16.1. The van der Waals surface area contributed by atoms with Gasteiger partial charge < -0.3 is 14.8 Å². The molecule has 24 heavy (non-hydrogen) atoms. The van der Waals surface area contributed by atoms with Gasteiger partial charge in [0, 0.05) is 11.3 Å². The molecule has 9 heteroatoms. The van der Waals surface area contributed by atoms with E-state index in [1.165, 1.54) is 18.2 Å². The van der Waals surface area contributed by atoms with Gasteiger partial charge in [-0.15, -0.1) is 5.10 Å². The highest BCUT2D eigenvalue weighted by Crippen LogP contribution is 2.36. The van der Waals surface area contributed by atoms with Gasteiger partial charge in [-0.1, -0.05) is 16.7 Å². The summed E-state index contributed by atoms with van der Waals surface area (Å²) in [5.74, 6) is 0.236. The Balaban J connectivity index is 1.84. The molecule has 2 aromatic carbocycles. The normalized spacial score (nSPS) is 11.5. The SMILES string of the molecule is Oc1ccc(-c2nnc(Nc3ccc(Cl)c(C(F)(F)F)c3)o2)cc1. The number of halogens is 4. The van der Waals surface area contributed by atoms with Crippen molar-refractivity contribution in [2.45, 2.75) is 6.18 Å². The number of hydrogen-bond donors (Lipinski definition) is 2. The number of hydrogen-bond acceptors (Lipinski definition) is 5. The van der Waals surface area contributed by atoms with Gasteiger partial charge >= 0.3 is 12.2 Å². The fraction of sp³-hybridized carbons (Fsp3) is 0.0667. The molecule has 0 aliphatic heterocycles. The zero-order valence-electron chi connectivity index (χ0n) is 11.8. The first-order valence-corrected chi connectivity index (χ1v) is 6.97. The van der Waals surface area contributed by atoms with E-state index in [-0.39, 0.29) is 23.3 Å². The molecule has 124 valence electrons. The second-order valence-corrected chi connectivity index (χ2v) is 5.18. The molecule has 5 nitrogen and oxygen atoms in total. The third-order valence-electron chi connectivity index (χ3n) is 3.06. The van der Waals surface area contributed by atoms with Crippen LogP contribution in [0.25, 0.3) is 11.5 Å². The zero-order chi connectivity index (χ0) is 17.3. The smallest absolute Gasteiger partial charge is 0.417 e. The molecule has 1 aromatic heterocycles. The molecule has 0 fully saturated rings. The minimum absolute atomic E-state index is 0.0754. The number of phenolic OH excluding ortho intramolecular Hbond substituents is 1. The summed E-state index contributed by atoms with van der Waals surface area (Å²) < 4.78 is 43.9. The van der Waals surface area contributed by atoms with Crippen molar-refractivity contribution < 1.29 is 22.7 Å². The largest absolute Gasteiger partial charge is 0.508 e. The Morgan fingerprint density at radius 3 is 2.42 bits per heavy atom. The van der Waals surface area contributed by atoms with Gasteiger partial charge in [0.05, 0.1) is 10.6 Å². The van der Waals surface area contributed by atoms with Crippen LogP contribution < -0.4 is 5.32 Å². The summed E-state index contributed by atoms with van der Waals surface area (Å²) in [5.41, 5.74) is -0.305. The van der Waals surface area contributed by atoms with Gasteiger partial charge in [-0.05, 0) is 42.5 Å². The Hall–Kier alpha value is -2.74. The van der Waals surface area contributed by atoms with Gasteiger partial charge in [0.1, 0.15) is 5.75 Å². The lowest BCUT2D eigenvalue weighted by atomic mass is 10.2. The highest BCUT2D eigenvalue weighted by molar-refractivity contribution is 6.31. The van der Waals surface area contributed by atoms with E-state index < -0.39 is 16.8 Å². The van der Waals surface area contributed by atoms with E-state index in [0.29, 0.717) is 5.56 Å². The van der Waals surface area contributed by atoms with Crippen molar-refractivity contribution in [1.29, 1.82) is 0 Å². The summed E-state index contributed by atoms with van der Waals surface area (Å²) in [4.78, 5) is 0. The number of nitrogens with zero attached hydrogens (tertiary/aromatic N) is 2. The molecule has 2 N–H and O–H groups in total. The molecule has 0 saturated carbocycles. The van der Waals surface area contributed by atoms with Crippen LogP contribution in [0, 0.1) is 0 Å². The minimum atomic E-state index is -4.57. The Bertz CT molecular complexity index is 863. The van der Waals surface area contributed by atoms with Crippen molar-refractivity contribution in [2.75, 3.05) is 5.32 Å². The maximum Gasteiger partial charge on any atom is 0.417 e. The van der Waals surface area contributed by atoms with Gasteiger partial charge in [-0.2, -0.15) is 13.2 Å². The summed E-state index contributed by atoms with van der Waals surface area (Å²) in [7, 11) is 0. The highest BCUT2D eigenvalue weighted by Gasteiger charge is 2.33. The summed E-state index contributed by atoms with van der Waals surface area (Å²) >= 11 is 5.56. The van der Waals surface area contributed by atoms with E-state index >= 15 is 0 Å². The van der Waals surface area contributed by atoms with E-state index in [4.69, 9.17) is 16.0 Å². The number of nitrogens with one attached hydrogen (secondary N) is 1. The fourth-order valence-electron chi connectivity index (χ4n) is 1.94. The summed E-state index contributed by atoms with van der Waals surface area (Å²) in [5, 5.41) is 18.9. The van der Waals surface area contributed by atoms with Crippen LogP contribution in [0.3, 0.4) is 0 Å². The molecule has 0 aliphatic rings. The second-order valence-electron chi connectivity index (χ2n) is 4.78. The second kappa shape index (κ2) is 6.04. The van der Waals surface area contributed by atoms with Crippen molar-refractivity contribution in [3.63, 3.8) is 0 Å². The third-order valence-corrected chi connectivity index (χ3v) is 3.39. The van der Waals surface area contributed by atoms with Crippen LogP contribution in [0.15, 0.2) is 46.9 Å². The first-order chi connectivity index (χ1) is 11.3. The molecule has 0 unspecified atom stereocenters. The van der Waals surface area contributed by atoms with Crippen LogP contribution >= 0.6 is 11.6 Å². The van der Waals surface area contributed by atoms with Crippen LogP contribution in [-0.4, -0.2) is 15.3 Å². The van der Waals surface area contributed by atoms with Crippen LogP contribution in [0.4, 0.5) is 24.9 Å².